The normalized spacial score (nSPS) is 15.1. The molecule has 0 amide bonds. The third-order valence-corrected chi connectivity index (χ3v) is 3.81. The second-order valence-electron chi connectivity index (χ2n) is 5.27. The minimum atomic E-state index is 0.763. The van der Waals surface area contributed by atoms with Crippen molar-refractivity contribution in [3.63, 3.8) is 0 Å². The molecule has 0 atom stereocenters. The van der Waals surface area contributed by atoms with Gasteiger partial charge < -0.3 is 14.5 Å². The van der Waals surface area contributed by atoms with Crippen molar-refractivity contribution in [3.05, 3.63) is 29.5 Å². The molecule has 0 unspecified atom stereocenters. The third kappa shape index (κ3) is 2.61. The molecule has 1 aromatic carbocycles. The van der Waals surface area contributed by atoms with Crippen LogP contribution >= 0.6 is 0 Å². The molecule has 1 N–H and O–H groups in total. The van der Waals surface area contributed by atoms with Gasteiger partial charge in [-0.05, 0) is 55.5 Å². The maximum Gasteiger partial charge on any atom is 0.175 e. The number of benzene rings is 1. The molecule has 19 heavy (non-hydrogen) atoms. The number of nitrogens with one attached hydrogen (secondary N) is 1. The van der Waals surface area contributed by atoms with Gasteiger partial charge in [-0.1, -0.05) is 6.92 Å². The highest BCUT2D eigenvalue weighted by Crippen LogP contribution is 2.32. The van der Waals surface area contributed by atoms with E-state index in [0.717, 1.165) is 36.8 Å². The molecule has 3 heteroatoms. The Morgan fingerprint density at radius 1 is 1.37 bits per heavy atom. The van der Waals surface area contributed by atoms with Crippen LogP contribution in [0.15, 0.2) is 22.8 Å². The first kappa shape index (κ1) is 12.5. The summed E-state index contributed by atoms with van der Waals surface area (Å²) < 4.78 is 11.1. The van der Waals surface area contributed by atoms with Crippen LogP contribution in [0.1, 0.15) is 30.9 Å². The molecule has 1 fully saturated rings. The Kier molecular flexibility index (Phi) is 3.47. The summed E-state index contributed by atoms with van der Waals surface area (Å²) in [4.78, 5) is 0. The highest BCUT2D eigenvalue weighted by atomic mass is 16.5. The van der Waals surface area contributed by atoms with E-state index in [1.807, 2.05) is 6.26 Å². The van der Waals surface area contributed by atoms with Crippen molar-refractivity contribution in [2.75, 3.05) is 13.7 Å². The highest BCUT2D eigenvalue weighted by Gasteiger charge is 2.20. The van der Waals surface area contributed by atoms with Gasteiger partial charge in [-0.25, -0.2) is 0 Å². The Labute approximate surface area is 113 Å². The lowest BCUT2D eigenvalue weighted by Gasteiger charge is -2.05. The first-order valence-electron chi connectivity index (χ1n) is 7.12. The summed E-state index contributed by atoms with van der Waals surface area (Å²) >= 11 is 0. The van der Waals surface area contributed by atoms with Gasteiger partial charge in [0.05, 0.1) is 13.4 Å². The minimum Gasteiger partial charge on any atom is -0.493 e. The average Bonchev–Trinajstić information content (AvgIpc) is 3.18. The van der Waals surface area contributed by atoms with Crippen LogP contribution in [-0.4, -0.2) is 19.7 Å². The van der Waals surface area contributed by atoms with Gasteiger partial charge in [-0.15, -0.1) is 0 Å². The van der Waals surface area contributed by atoms with E-state index in [9.17, 15) is 0 Å². The first-order valence-corrected chi connectivity index (χ1v) is 7.12. The second kappa shape index (κ2) is 5.25. The van der Waals surface area contributed by atoms with E-state index in [0.29, 0.717) is 0 Å². The lowest BCUT2D eigenvalue weighted by atomic mass is 10.1. The van der Waals surface area contributed by atoms with Crippen LogP contribution in [-0.2, 0) is 12.8 Å². The zero-order valence-corrected chi connectivity index (χ0v) is 11.7. The molecule has 1 saturated carbocycles. The van der Waals surface area contributed by atoms with Gasteiger partial charge in [-0.2, -0.15) is 0 Å². The number of aryl methyl sites for hydroxylation is 1. The molecule has 0 radical (unpaired) electrons. The topological polar surface area (TPSA) is 34.4 Å². The van der Waals surface area contributed by atoms with E-state index in [1.54, 1.807) is 7.11 Å². The maximum atomic E-state index is 5.69. The van der Waals surface area contributed by atoms with Crippen molar-refractivity contribution >= 4 is 11.0 Å². The van der Waals surface area contributed by atoms with Gasteiger partial charge in [-0.3, -0.25) is 0 Å². The molecular formula is C16H21NO2. The average molecular weight is 259 g/mol. The monoisotopic (exact) mass is 259 g/mol. The van der Waals surface area contributed by atoms with Crippen LogP contribution < -0.4 is 10.1 Å². The summed E-state index contributed by atoms with van der Waals surface area (Å²) in [6, 6.07) is 5.06. The van der Waals surface area contributed by atoms with Crippen LogP contribution in [0, 0.1) is 0 Å². The van der Waals surface area contributed by atoms with Crippen LogP contribution in [0.5, 0.6) is 5.75 Å². The minimum absolute atomic E-state index is 0.763. The summed E-state index contributed by atoms with van der Waals surface area (Å²) in [5, 5.41) is 4.75. The van der Waals surface area contributed by atoms with Gasteiger partial charge in [0.25, 0.3) is 0 Å². The number of methoxy groups -OCH3 is 1. The molecule has 102 valence electrons. The summed E-state index contributed by atoms with van der Waals surface area (Å²) in [6.07, 6.45) is 6.57. The Hall–Kier alpha value is -1.48. The molecule has 3 rings (SSSR count). The number of furan rings is 1. The Morgan fingerprint density at radius 2 is 2.21 bits per heavy atom. The van der Waals surface area contributed by atoms with E-state index >= 15 is 0 Å². The van der Waals surface area contributed by atoms with Gasteiger partial charge in [0.1, 0.15) is 0 Å². The van der Waals surface area contributed by atoms with Crippen molar-refractivity contribution in [3.8, 4) is 5.75 Å². The molecule has 1 aliphatic rings. The molecule has 0 saturated heterocycles. The Morgan fingerprint density at radius 3 is 2.89 bits per heavy atom. The fraction of sp³-hybridized carbons (Fsp3) is 0.500. The summed E-state index contributed by atoms with van der Waals surface area (Å²) in [6.45, 7) is 3.19. The molecule has 0 bridgehead atoms. The second-order valence-corrected chi connectivity index (χ2v) is 5.27. The molecule has 3 nitrogen and oxygen atoms in total. The van der Waals surface area contributed by atoms with Crippen molar-refractivity contribution in [2.45, 2.75) is 38.6 Å². The first-order chi connectivity index (χ1) is 9.31. The van der Waals surface area contributed by atoms with Crippen molar-refractivity contribution < 1.29 is 9.15 Å². The van der Waals surface area contributed by atoms with E-state index in [1.165, 1.54) is 29.4 Å². The molecule has 1 aromatic heterocycles. The lowest BCUT2D eigenvalue weighted by molar-refractivity contribution is 0.409. The molecule has 1 aliphatic carbocycles. The SMILES string of the molecule is CCc1cc(OC)c2occ(CCNC3CC3)c2c1. The zero-order valence-electron chi connectivity index (χ0n) is 11.7. The Bertz CT molecular complexity index is 569. The molecule has 0 aliphatic heterocycles. The van der Waals surface area contributed by atoms with Crippen molar-refractivity contribution in [1.82, 2.24) is 5.32 Å². The highest BCUT2D eigenvalue weighted by molar-refractivity contribution is 5.87. The zero-order chi connectivity index (χ0) is 13.2. The van der Waals surface area contributed by atoms with Crippen molar-refractivity contribution in [2.24, 2.45) is 0 Å². The molecule has 0 spiro atoms. The number of rotatable bonds is 6. The van der Waals surface area contributed by atoms with E-state index in [-0.39, 0.29) is 0 Å². The van der Waals surface area contributed by atoms with E-state index in [4.69, 9.17) is 9.15 Å². The van der Waals surface area contributed by atoms with E-state index in [2.05, 4.69) is 24.4 Å². The quantitative estimate of drug-likeness (QED) is 0.864. The fourth-order valence-electron chi connectivity index (χ4n) is 2.46. The number of hydrogen-bond donors (Lipinski definition) is 1. The maximum absolute atomic E-state index is 5.69. The summed E-state index contributed by atoms with van der Waals surface area (Å²) in [5.41, 5.74) is 3.44. The predicted molar refractivity (Wildman–Crippen MR) is 76.9 cm³/mol. The summed E-state index contributed by atoms with van der Waals surface area (Å²) in [5.74, 6) is 0.843. The molecule has 1 heterocycles. The predicted octanol–water partition coefficient (Wildman–Crippen LogP) is 3.30. The van der Waals surface area contributed by atoms with Crippen LogP contribution in [0.25, 0.3) is 11.0 Å². The number of ether oxygens (including phenoxy) is 1. The standard InChI is InChI=1S/C16H21NO2/c1-3-11-8-14-12(6-7-17-13-4-5-13)10-19-16(14)15(9-11)18-2/h8-10,13,17H,3-7H2,1-2H3. The molecular weight excluding hydrogens is 238 g/mol. The lowest BCUT2D eigenvalue weighted by Crippen LogP contribution is -2.19. The smallest absolute Gasteiger partial charge is 0.175 e. The summed E-state index contributed by atoms with van der Waals surface area (Å²) in [7, 11) is 1.70. The van der Waals surface area contributed by atoms with E-state index < -0.39 is 0 Å². The fourth-order valence-corrected chi connectivity index (χ4v) is 2.46. The van der Waals surface area contributed by atoms with Crippen LogP contribution in [0.2, 0.25) is 0 Å². The van der Waals surface area contributed by atoms with Crippen LogP contribution in [0.4, 0.5) is 0 Å². The van der Waals surface area contributed by atoms with Gasteiger partial charge in [0.15, 0.2) is 11.3 Å². The van der Waals surface area contributed by atoms with Crippen LogP contribution in [0.3, 0.4) is 0 Å². The van der Waals surface area contributed by atoms with Gasteiger partial charge in [0.2, 0.25) is 0 Å². The largest absolute Gasteiger partial charge is 0.493 e. The third-order valence-electron chi connectivity index (χ3n) is 3.81. The number of fused-ring (bicyclic) bond motifs is 1. The van der Waals surface area contributed by atoms with Crippen molar-refractivity contribution in [1.29, 1.82) is 0 Å². The molecule has 2 aromatic rings. The number of hydrogen-bond acceptors (Lipinski definition) is 3. The Balaban J connectivity index is 1.86. The van der Waals surface area contributed by atoms with Gasteiger partial charge in [0, 0.05) is 11.4 Å². The van der Waals surface area contributed by atoms with Gasteiger partial charge >= 0.3 is 0 Å².